The Kier molecular flexibility index (Phi) is 4.48. The van der Waals surface area contributed by atoms with Crippen LogP contribution in [0.2, 0.25) is 0 Å². The van der Waals surface area contributed by atoms with Gasteiger partial charge >= 0.3 is 5.97 Å². The Morgan fingerprint density at radius 3 is 2.22 bits per heavy atom. The number of rotatable bonds is 5. The molecule has 0 fully saturated rings. The van der Waals surface area contributed by atoms with Crippen molar-refractivity contribution in [2.24, 2.45) is 0 Å². The summed E-state index contributed by atoms with van der Waals surface area (Å²) in [5.41, 5.74) is 0.873. The van der Waals surface area contributed by atoms with Crippen LogP contribution in [0.3, 0.4) is 0 Å². The third kappa shape index (κ3) is 3.82. The summed E-state index contributed by atoms with van der Waals surface area (Å²) in [5, 5.41) is 8.86. The lowest BCUT2D eigenvalue weighted by molar-refractivity contribution is -0.142. The summed E-state index contributed by atoms with van der Waals surface area (Å²) in [6.07, 6.45) is 1.15. The molecule has 18 heavy (non-hydrogen) atoms. The van der Waals surface area contributed by atoms with Crippen molar-refractivity contribution < 1.29 is 18.3 Å². The smallest absolute Gasteiger partial charge is 0.320 e. The van der Waals surface area contributed by atoms with Crippen LogP contribution in [0.5, 0.6) is 0 Å². The fraction of sp³-hybridized carbons (Fsp3) is 0.417. The van der Waals surface area contributed by atoms with Crippen molar-refractivity contribution in [2.45, 2.75) is 24.4 Å². The molecular formula is C12H17NO4S. The molecule has 0 aliphatic carbocycles. The number of sulfone groups is 1. The molecule has 0 aliphatic heterocycles. The van der Waals surface area contributed by atoms with Gasteiger partial charge in [0, 0.05) is 12.8 Å². The number of carboxylic acids is 1. The first-order chi connectivity index (χ1) is 8.21. The first-order valence-electron chi connectivity index (χ1n) is 5.44. The quantitative estimate of drug-likeness (QED) is 0.864. The van der Waals surface area contributed by atoms with Gasteiger partial charge in [-0.3, -0.25) is 9.69 Å². The van der Waals surface area contributed by atoms with Gasteiger partial charge in [0.05, 0.1) is 4.90 Å². The van der Waals surface area contributed by atoms with Crippen LogP contribution < -0.4 is 0 Å². The number of benzene rings is 1. The van der Waals surface area contributed by atoms with Crippen LogP contribution in [-0.4, -0.2) is 43.7 Å². The Hall–Kier alpha value is -1.40. The maximum absolute atomic E-state index is 11.3. The molecule has 0 heterocycles. The fourth-order valence-electron chi connectivity index (χ4n) is 1.46. The zero-order valence-electron chi connectivity index (χ0n) is 10.6. The summed E-state index contributed by atoms with van der Waals surface area (Å²) in [7, 11) is -1.47. The third-order valence-corrected chi connectivity index (χ3v) is 3.93. The predicted molar refractivity (Wildman–Crippen MR) is 68.1 cm³/mol. The maximum atomic E-state index is 11.3. The second-order valence-corrected chi connectivity index (χ2v) is 6.36. The number of nitrogens with zero attached hydrogens (tertiary/aromatic N) is 1. The van der Waals surface area contributed by atoms with Gasteiger partial charge in [-0.1, -0.05) is 12.1 Å². The maximum Gasteiger partial charge on any atom is 0.320 e. The van der Waals surface area contributed by atoms with Gasteiger partial charge in [0.15, 0.2) is 9.84 Å². The van der Waals surface area contributed by atoms with E-state index < -0.39 is 21.8 Å². The Bertz CT molecular complexity index is 522. The third-order valence-electron chi connectivity index (χ3n) is 2.80. The summed E-state index contributed by atoms with van der Waals surface area (Å²) >= 11 is 0. The van der Waals surface area contributed by atoms with Crippen LogP contribution in [0.25, 0.3) is 0 Å². The van der Waals surface area contributed by atoms with Crippen molar-refractivity contribution in [3.8, 4) is 0 Å². The van der Waals surface area contributed by atoms with Crippen LogP contribution in [0.1, 0.15) is 12.5 Å². The second kappa shape index (κ2) is 5.49. The summed E-state index contributed by atoms with van der Waals surface area (Å²) in [5.74, 6) is -0.884. The molecule has 0 amide bonds. The number of carboxylic acid groups (broad SMARTS) is 1. The highest BCUT2D eigenvalue weighted by molar-refractivity contribution is 7.90. The molecule has 1 aromatic carbocycles. The molecule has 1 aromatic rings. The lowest BCUT2D eigenvalue weighted by Gasteiger charge is -2.21. The Morgan fingerprint density at radius 2 is 1.83 bits per heavy atom. The van der Waals surface area contributed by atoms with Crippen molar-refractivity contribution in [1.29, 1.82) is 0 Å². The van der Waals surface area contributed by atoms with Crippen molar-refractivity contribution in [1.82, 2.24) is 4.90 Å². The highest BCUT2D eigenvalue weighted by Crippen LogP contribution is 2.12. The minimum atomic E-state index is -3.19. The van der Waals surface area contributed by atoms with Gasteiger partial charge in [0.2, 0.25) is 0 Å². The molecular weight excluding hydrogens is 254 g/mol. The van der Waals surface area contributed by atoms with E-state index in [-0.39, 0.29) is 4.90 Å². The summed E-state index contributed by atoms with van der Waals surface area (Å²) in [6.45, 7) is 2.06. The van der Waals surface area contributed by atoms with E-state index >= 15 is 0 Å². The topological polar surface area (TPSA) is 74.7 Å². The lowest BCUT2D eigenvalue weighted by atomic mass is 10.2. The van der Waals surface area contributed by atoms with Gasteiger partial charge in [-0.15, -0.1) is 0 Å². The molecule has 0 radical (unpaired) electrons. The number of hydrogen-bond donors (Lipinski definition) is 1. The van der Waals surface area contributed by atoms with Gasteiger partial charge in [0.25, 0.3) is 0 Å². The van der Waals surface area contributed by atoms with E-state index in [0.717, 1.165) is 11.8 Å². The zero-order chi connectivity index (χ0) is 13.9. The molecule has 0 bridgehead atoms. The van der Waals surface area contributed by atoms with Crippen LogP contribution >= 0.6 is 0 Å². The van der Waals surface area contributed by atoms with E-state index in [1.54, 1.807) is 31.0 Å². The molecule has 0 saturated carbocycles. The molecule has 100 valence electrons. The molecule has 0 aliphatic rings. The average Bonchev–Trinajstić information content (AvgIpc) is 2.27. The number of aliphatic carboxylic acids is 1. The molecule has 0 saturated heterocycles. The molecule has 1 unspecified atom stereocenters. The molecule has 5 nitrogen and oxygen atoms in total. The summed E-state index contributed by atoms with van der Waals surface area (Å²) in [4.78, 5) is 12.7. The lowest BCUT2D eigenvalue weighted by Crippen LogP contribution is -2.35. The van der Waals surface area contributed by atoms with Crippen LogP contribution in [0, 0.1) is 0 Å². The monoisotopic (exact) mass is 271 g/mol. The second-order valence-electron chi connectivity index (χ2n) is 4.35. The summed E-state index contributed by atoms with van der Waals surface area (Å²) < 4.78 is 22.6. The highest BCUT2D eigenvalue weighted by atomic mass is 32.2. The minimum absolute atomic E-state index is 0.264. The van der Waals surface area contributed by atoms with Gasteiger partial charge in [-0.25, -0.2) is 8.42 Å². The number of carbonyl (C=O) groups is 1. The Morgan fingerprint density at radius 1 is 1.33 bits per heavy atom. The SMILES string of the molecule is CC(C(=O)O)N(C)Cc1ccc(S(C)(=O)=O)cc1. The van der Waals surface area contributed by atoms with Crippen molar-refractivity contribution in [3.63, 3.8) is 0 Å². The number of likely N-dealkylation sites (N-methyl/N-ethyl adjacent to an activating group) is 1. The standard InChI is InChI=1S/C12H17NO4S/c1-9(12(14)15)13(2)8-10-4-6-11(7-5-10)18(3,16)17/h4-7,9H,8H2,1-3H3,(H,14,15). The predicted octanol–water partition coefficient (Wildman–Crippen LogP) is 0.995. The Balaban J connectivity index is 2.79. The van der Waals surface area contributed by atoms with Gasteiger partial charge in [-0.05, 0) is 31.7 Å². The fourth-order valence-corrected chi connectivity index (χ4v) is 2.09. The zero-order valence-corrected chi connectivity index (χ0v) is 11.4. The normalized spacial score (nSPS) is 13.6. The minimum Gasteiger partial charge on any atom is -0.480 e. The van der Waals surface area contributed by atoms with Gasteiger partial charge < -0.3 is 5.11 Å². The van der Waals surface area contributed by atoms with Crippen LogP contribution in [-0.2, 0) is 21.2 Å². The number of hydrogen-bond acceptors (Lipinski definition) is 4. The van der Waals surface area contributed by atoms with E-state index in [0.29, 0.717) is 6.54 Å². The first kappa shape index (κ1) is 14.7. The van der Waals surface area contributed by atoms with E-state index in [4.69, 9.17) is 5.11 Å². The molecule has 1 atom stereocenters. The molecule has 0 aromatic heterocycles. The highest BCUT2D eigenvalue weighted by Gasteiger charge is 2.16. The van der Waals surface area contributed by atoms with E-state index in [2.05, 4.69) is 0 Å². The molecule has 1 rings (SSSR count). The van der Waals surface area contributed by atoms with E-state index in [1.165, 1.54) is 12.1 Å². The molecule has 1 N–H and O–H groups in total. The van der Waals surface area contributed by atoms with Crippen molar-refractivity contribution in [2.75, 3.05) is 13.3 Å². The van der Waals surface area contributed by atoms with Gasteiger partial charge in [-0.2, -0.15) is 0 Å². The van der Waals surface area contributed by atoms with Gasteiger partial charge in [0.1, 0.15) is 6.04 Å². The van der Waals surface area contributed by atoms with E-state index in [1.807, 2.05) is 0 Å². The van der Waals surface area contributed by atoms with Crippen molar-refractivity contribution >= 4 is 15.8 Å². The first-order valence-corrected chi connectivity index (χ1v) is 7.33. The van der Waals surface area contributed by atoms with Crippen molar-refractivity contribution in [3.05, 3.63) is 29.8 Å². The molecule has 6 heteroatoms. The Labute approximate surface area is 107 Å². The largest absolute Gasteiger partial charge is 0.480 e. The van der Waals surface area contributed by atoms with Crippen LogP contribution in [0.4, 0.5) is 0 Å². The van der Waals surface area contributed by atoms with E-state index in [9.17, 15) is 13.2 Å². The molecule has 0 spiro atoms. The summed E-state index contributed by atoms with van der Waals surface area (Å²) in [6, 6.07) is 5.87. The average molecular weight is 271 g/mol. The van der Waals surface area contributed by atoms with Crippen LogP contribution in [0.15, 0.2) is 29.2 Å².